The third kappa shape index (κ3) is 2.76. The van der Waals surface area contributed by atoms with Gasteiger partial charge in [0, 0.05) is 6.42 Å². The highest BCUT2D eigenvalue weighted by Gasteiger charge is 2.08. The van der Waals surface area contributed by atoms with E-state index < -0.39 is 0 Å². The Morgan fingerprint density at radius 2 is 2.29 bits per heavy atom. The highest BCUT2D eigenvalue weighted by atomic mass is 16.6. The molecule has 0 heterocycles. The first-order valence-corrected chi connectivity index (χ1v) is 4.17. The topological polar surface area (TPSA) is 69.2 Å². The second-order valence-corrected chi connectivity index (χ2v) is 2.63. The molecule has 0 radical (unpaired) electrons. The normalized spacial score (nSPS) is 17.0. The quantitative estimate of drug-likeness (QED) is 0.498. The Bertz CT molecular complexity index is 366. The molecule has 0 fully saturated rings. The van der Waals surface area contributed by atoms with Crippen molar-refractivity contribution in [3.05, 3.63) is 23.8 Å². The molecule has 1 aliphatic carbocycles. The van der Waals surface area contributed by atoms with Crippen LogP contribution >= 0.6 is 0 Å². The van der Waals surface area contributed by atoms with Crippen molar-refractivity contribution in [2.24, 2.45) is 5.16 Å². The van der Waals surface area contributed by atoms with E-state index in [9.17, 15) is 0 Å². The van der Waals surface area contributed by atoms with E-state index in [1.807, 2.05) is 24.3 Å². The number of nitrogens with zero attached hydrogens (tertiary/aromatic N) is 3. The fourth-order valence-corrected chi connectivity index (χ4v) is 1.07. The van der Waals surface area contributed by atoms with Gasteiger partial charge in [0.25, 0.3) is 0 Å². The molecule has 0 bridgehead atoms. The van der Waals surface area contributed by atoms with Gasteiger partial charge in [-0.2, -0.15) is 10.5 Å². The lowest BCUT2D eigenvalue weighted by atomic mass is 10.0. The van der Waals surface area contributed by atoms with Gasteiger partial charge in [0.1, 0.15) is 6.07 Å². The van der Waals surface area contributed by atoms with Gasteiger partial charge in [-0.3, -0.25) is 0 Å². The summed E-state index contributed by atoms with van der Waals surface area (Å²) in [6, 6.07) is 3.88. The minimum absolute atomic E-state index is 0.0625. The average molecular weight is 187 g/mol. The van der Waals surface area contributed by atoms with Crippen LogP contribution in [0.25, 0.3) is 0 Å². The molecule has 0 aliphatic heterocycles. The van der Waals surface area contributed by atoms with Gasteiger partial charge in [0.05, 0.1) is 18.2 Å². The molecule has 0 saturated carbocycles. The Balaban J connectivity index is 2.65. The van der Waals surface area contributed by atoms with Crippen LogP contribution in [0.3, 0.4) is 0 Å². The summed E-state index contributed by atoms with van der Waals surface area (Å²) in [5.41, 5.74) is 1.58. The molecule has 0 aromatic heterocycles. The molecule has 14 heavy (non-hydrogen) atoms. The molecule has 0 amide bonds. The first kappa shape index (κ1) is 10.0. The standard InChI is InChI=1S/C10H9N3O/c11-6-5-9-3-1-2-4-10(9)13-14-8-7-12/h1-3H,4-5,8H2/b13-10-. The molecule has 0 aromatic rings. The first-order valence-electron chi connectivity index (χ1n) is 4.17. The molecule has 0 unspecified atom stereocenters. The summed E-state index contributed by atoms with van der Waals surface area (Å²) in [5, 5.41) is 20.6. The number of oxime groups is 1. The Hall–Kier alpha value is -2.07. The van der Waals surface area contributed by atoms with E-state index in [-0.39, 0.29) is 6.61 Å². The van der Waals surface area contributed by atoms with Gasteiger partial charge in [-0.25, -0.2) is 0 Å². The average Bonchev–Trinajstić information content (AvgIpc) is 2.21. The second kappa shape index (κ2) is 5.55. The van der Waals surface area contributed by atoms with Crippen LogP contribution in [-0.2, 0) is 4.84 Å². The van der Waals surface area contributed by atoms with Crippen molar-refractivity contribution < 1.29 is 4.84 Å². The van der Waals surface area contributed by atoms with Crippen molar-refractivity contribution in [3.63, 3.8) is 0 Å². The van der Waals surface area contributed by atoms with Crippen molar-refractivity contribution >= 4 is 5.71 Å². The van der Waals surface area contributed by atoms with Crippen LogP contribution in [0.5, 0.6) is 0 Å². The maximum atomic E-state index is 8.54. The zero-order valence-corrected chi connectivity index (χ0v) is 7.60. The maximum absolute atomic E-state index is 8.54. The van der Waals surface area contributed by atoms with Gasteiger partial charge in [0.2, 0.25) is 6.61 Å². The van der Waals surface area contributed by atoms with Crippen molar-refractivity contribution in [1.82, 2.24) is 0 Å². The Kier molecular flexibility index (Phi) is 3.97. The molecule has 4 heteroatoms. The molecule has 4 nitrogen and oxygen atoms in total. The minimum Gasteiger partial charge on any atom is -0.380 e. The third-order valence-electron chi connectivity index (χ3n) is 1.69. The van der Waals surface area contributed by atoms with E-state index >= 15 is 0 Å². The van der Waals surface area contributed by atoms with E-state index in [0.717, 1.165) is 11.3 Å². The monoisotopic (exact) mass is 187 g/mol. The van der Waals surface area contributed by atoms with E-state index in [1.165, 1.54) is 0 Å². The van der Waals surface area contributed by atoms with E-state index in [0.29, 0.717) is 12.8 Å². The SMILES string of the molecule is N#CCO/N=C1/CC=CC=C1CC#N. The summed E-state index contributed by atoms with van der Waals surface area (Å²) in [6.45, 7) is -0.0625. The van der Waals surface area contributed by atoms with Crippen molar-refractivity contribution in [2.75, 3.05) is 6.61 Å². The van der Waals surface area contributed by atoms with Crippen molar-refractivity contribution in [3.8, 4) is 12.1 Å². The van der Waals surface area contributed by atoms with Crippen molar-refractivity contribution in [1.29, 1.82) is 10.5 Å². The molecule has 0 N–H and O–H groups in total. The molecule has 0 atom stereocenters. The van der Waals surface area contributed by atoms with Gasteiger partial charge < -0.3 is 4.84 Å². The zero-order valence-electron chi connectivity index (χ0n) is 7.60. The fourth-order valence-electron chi connectivity index (χ4n) is 1.07. The smallest absolute Gasteiger partial charge is 0.202 e. The van der Waals surface area contributed by atoms with Crippen LogP contribution in [0, 0.1) is 22.7 Å². The van der Waals surface area contributed by atoms with E-state index in [4.69, 9.17) is 15.4 Å². The highest BCUT2D eigenvalue weighted by Crippen LogP contribution is 2.13. The summed E-state index contributed by atoms with van der Waals surface area (Å²) >= 11 is 0. The molecule has 0 aromatic carbocycles. The van der Waals surface area contributed by atoms with Gasteiger partial charge in [-0.05, 0) is 5.57 Å². The predicted molar refractivity (Wildman–Crippen MR) is 51.1 cm³/mol. The second-order valence-electron chi connectivity index (χ2n) is 2.63. The summed E-state index contributed by atoms with van der Waals surface area (Å²) in [7, 11) is 0. The minimum atomic E-state index is -0.0625. The fraction of sp³-hybridized carbons (Fsp3) is 0.300. The molecular formula is C10H9N3O. The number of allylic oxidation sites excluding steroid dienone is 4. The first-order chi connectivity index (χ1) is 6.88. The van der Waals surface area contributed by atoms with Crippen LogP contribution in [0.15, 0.2) is 29.0 Å². The molecule has 70 valence electrons. The molecule has 1 aliphatic rings. The van der Waals surface area contributed by atoms with Crippen molar-refractivity contribution in [2.45, 2.75) is 12.8 Å². The highest BCUT2D eigenvalue weighted by molar-refractivity contribution is 6.02. The molecular weight excluding hydrogens is 178 g/mol. The van der Waals surface area contributed by atoms with E-state index in [1.54, 1.807) is 0 Å². The molecule has 1 rings (SSSR count). The third-order valence-corrected chi connectivity index (χ3v) is 1.69. The number of nitriles is 2. The lowest BCUT2D eigenvalue weighted by molar-refractivity contribution is 0.178. The lowest BCUT2D eigenvalue weighted by Gasteiger charge is -2.07. The Morgan fingerprint density at radius 3 is 3.00 bits per heavy atom. The van der Waals surface area contributed by atoms with Crippen LogP contribution in [0.2, 0.25) is 0 Å². The van der Waals surface area contributed by atoms with Gasteiger partial charge >= 0.3 is 0 Å². The summed E-state index contributed by atoms with van der Waals surface area (Å²) in [6.07, 6.45) is 6.62. The Morgan fingerprint density at radius 1 is 1.43 bits per heavy atom. The van der Waals surface area contributed by atoms with Crippen LogP contribution in [0.1, 0.15) is 12.8 Å². The lowest BCUT2D eigenvalue weighted by Crippen LogP contribution is -2.05. The molecule has 0 saturated heterocycles. The van der Waals surface area contributed by atoms with Crippen LogP contribution in [-0.4, -0.2) is 12.3 Å². The summed E-state index contributed by atoms with van der Waals surface area (Å²) < 4.78 is 0. The van der Waals surface area contributed by atoms with Gasteiger partial charge in [-0.1, -0.05) is 23.4 Å². The number of hydrogen-bond acceptors (Lipinski definition) is 4. The Labute approximate surface area is 82.4 Å². The number of hydrogen-bond donors (Lipinski definition) is 0. The van der Waals surface area contributed by atoms with Crippen LogP contribution in [0.4, 0.5) is 0 Å². The summed E-state index contributed by atoms with van der Waals surface area (Å²) in [5.74, 6) is 0. The summed E-state index contributed by atoms with van der Waals surface area (Å²) in [4.78, 5) is 4.74. The van der Waals surface area contributed by atoms with Gasteiger partial charge in [-0.15, -0.1) is 0 Å². The predicted octanol–water partition coefficient (Wildman–Crippen LogP) is 1.68. The van der Waals surface area contributed by atoms with E-state index in [2.05, 4.69) is 11.2 Å². The largest absolute Gasteiger partial charge is 0.380 e. The molecule has 0 spiro atoms. The van der Waals surface area contributed by atoms with Gasteiger partial charge in [0.15, 0.2) is 0 Å². The number of rotatable bonds is 3. The zero-order chi connectivity index (χ0) is 10.2. The van der Waals surface area contributed by atoms with Crippen LogP contribution < -0.4 is 0 Å². The maximum Gasteiger partial charge on any atom is 0.202 e.